The van der Waals surface area contributed by atoms with E-state index in [1.807, 2.05) is 54.6 Å². The van der Waals surface area contributed by atoms with Crippen molar-refractivity contribution < 1.29 is 9.53 Å². The Labute approximate surface area is 136 Å². The summed E-state index contributed by atoms with van der Waals surface area (Å²) in [5.74, 6) is 0.907. The number of carbonyl (C=O) groups is 1. The fourth-order valence-corrected chi connectivity index (χ4v) is 2.83. The lowest BCUT2D eigenvalue weighted by Crippen LogP contribution is -2.27. The van der Waals surface area contributed by atoms with Crippen molar-refractivity contribution in [3.63, 3.8) is 0 Å². The molecule has 22 heavy (non-hydrogen) atoms. The van der Waals surface area contributed by atoms with Crippen LogP contribution in [0, 0.1) is 0 Å². The summed E-state index contributed by atoms with van der Waals surface area (Å²) < 4.78 is 5.56. The van der Waals surface area contributed by atoms with E-state index in [0.717, 1.165) is 21.8 Å². The van der Waals surface area contributed by atoms with E-state index < -0.39 is 0 Å². The van der Waals surface area contributed by atoms with Crippen LogP contribution in [0.4, 0.5) is 0 Å². The van der Waals surface area contributed by atoms with Gasteiger partial charge < -0.3 is 10.1 Å². The Morgan fingerprint density at radius 3 is 2.59 bits per heavy atom. The molecule has 4 heteroatoms. The SMILES string of the molecule is CCSc1ccccc1C(=O)NCCOCc1ccccc1. The first kappa shape index (κ1) is 16.6. The summed E-state index contributed by atoms with van der Waals surface area (Å²) in [5.41, 5.74) is 1.87. The largest absolute Gasteiger partial charge is 0.375 e. The average Bonchev–Trinajstić information content (AvgIpc) is 2.56. The molecule has 0 saturated carbocycles. The van der Waals surface area contributed by atoms with Crippen molar-refractivity contribution in [3.8, 4) is 0 Å². The van der Waals surface area contributed by atoms with Crippen LogP contribution in [-0.2, 0) is 11.3 Å². The van der Waals surface area contributed by atoms with Gasteiger partial charge in [0.15, 0.2) is 0 Å². The van der Waals surface area contributed by atoms with Crippen LogP contribution in [-0.4, -0.2) is 24.8 Å². The van der Waals surface area contributed by atoms with E-state index in [1.165, 1.54) is 0 Å². The smallest absolute Gasteiger partial charge is 0.252 e. The third-order valence-corrected chi connectivity index (χ3v) is 4.03. The zero-order chi connectivity index (χ0) is 15.6. The van der Waals surface area contributed by atoms with Crippen LogP contribution in [0.15, 0.2) is 59.5 Å². The molecule has 0 heterocycles. The first-order chi connectivity index (χ1) is 10.8. The van der Waals surface area contributed by atoms with E-state index in [-0.39, 0.29) is 5.91 Å². The highest BCUT2D eigenvalue weighted by Gasteiger charge is 2.09. The Balaban J connectivity index is 1.74. The van der Waals surface area contributed by atoms with Gasteiger partial charge in [-0.05, 0) is 23.4 Å². The second-order valence-corrected chi connectivity index (χ2v) is 6.03. The molecule has 1 N–H and O–H groups in total. The lowest BCUT2D eigenvalue weighted by atomic mass is 10.2. The van der Waals surface area contributed by atoms with Crippen LogP contribution in [0.25, 0.3) is 0 Å². The highest BCUT2D eigenvalue weighted by atomic mass is 32.2. The minimum Gasteiger partial charge on any atom is -0.375 e. The van der Waals surface area contributed by atoms with Gasteiger partial charge in [-0.3, -0.25) is 4.79 Å². The maximum atomic E-state index is 12.2. The van der Waals surface area contributed by atoms with E-state index >= 15 is 0 Å². The number of thioether (sulfide) groups is 1. The highest BCUT2D eigenvalue weighted by molar-refractivity contribution is 7.99. The number of nitrogens with one attached hydrogen (secondary N) is 1. The molecule has 2 rings (SSSR count). The van der Waals surface area contributed by atoms with Gasteiger partial charge >= 0.3 is 0 Å². The summed E-state index contributed by atoms with van der Waals surface area (Å²) in [6.07, 6.45) is 0. The van der Waals surface area contributed by atoms with E-state index in [2.05, 4.69) is 12.2 Å². The Bertz CT molecular complexity index is 587. The van der Waals surface area contributed by atoms with Crippen LogP contribution in [0.3, 0.4) is 0 Å². The van der Waals surface area contributed by atoms with E-state index in [4.69, 9.17) is 4.74 Å². The van der Waals surface area contributed by atoms with Crippen LogP contribution < -0.4 is 5.32 Å². The number of amides is 1. The number of hydrogen-bond acceptors (Lipinski definition) is 3. The number of hydrogen-bond donors (Lipinski definition) is 1. The maximum Gasteiger partial charge on any atom is 0.252 e. The molecule has 0 saturated heterocycles. The van der Waals surface area contributed by atoms with Crippen molar-refractivity contribution >= 4 is 17.7 Å². The number of ether oxygens (including phenoxy) is 1. The van der Waals surface area contributed by atoms with Crippen molar-refractivity contribution in [1.82, 2.24) is 5.32 Å². The summed E-state index contributed by atoms with van der Waals surface area (Å²) in [5, 5.41) is 2.91. The van der Waals surface area contributed by atoms with Crippen LogP contribution in [0.5, 0.6) is 0 Å². The van der Waals surface area contributed by atoms with Crippen LogP contribution in [0.2, 0.25) is 0 Å². The summed E-state index contributed by atoms with van der Waals surface area (Å²) in [6, 6.07) is 17.7. The van der Waals surface area contributed by atoms with Crippen LogP contribution >= 0.6 is 11.8 Å². The molecular formula is C18H21NO2S. The lowest BCUT2D eigenvalue weighted by molar-refractivity contribution is 0.0898. The first-order valence-corrected chi connectivity index (χ1v) is 8.41. The zero-order valence-corrected chi connectivity index (χ0v) is 13.6. The molecule has 0 aromatic heterocycles. The van der Waals surface area contributed by atoms with Crippen molar-refractivity contribution in [2.45, 2.75) is 18.4 Å². The standard InChI is InChI=1S/C18H21NO2S/c1-2-22-17-11-7-6-10-16(17)18(20)19-12-13-21-14-15-8-4-3-5-9-15/h3-11H,2,12-14H2,1H3,(H,19,20). The molecule has 0 unspecified atom stereocenters. The number of rotatable bonds is 8. The van der Waals surface area contributed by atoms with E-state index in [0.29, 0.717) is 19.8 Å². The lowest BCUT2D eigenvalue weighted by Gasteiger charge is -2.09. The van der Waals surface area contributed by atoms with Crippen molar-refractivity contribution in [2.75, 3.05) is 18.9 Å². The fourth-order valence-electron chi connectivity index (χ4n) is 2.03. The molecule has 0 aliphatic carbocycles. The monoisotopic (exact) mass is 315 g/mol. The second kappa shape index (κ2) is 9.28. The van der Waals surface area contributed by atoms with Gasteiger partial charge in [0.1, 0.15) is 0 Å². The molecule has 0 spiro atoms. The Morgan fingerprint density at radius 1 is 1.09 bits per heavy atom. The molecule has 2 aromatic carbocycles. The van der Waals surface area contributed by atoms with Gasteiger partial charge in [0.2, 0.25) is 0 Å². The number of benzene rings is 2. The summed E-state index contributed by atoms with van der Waals surface area (Å²) in [7, 11) is 0. The molecule has 3 nitrogen and oxygen atoms in total. The van der Waals surface area contributed by atoms with Crippen molar-refractivity contribution in [2.24, 2.45) is 0 Å². The van der Waals surface area contributed by atoms with Gasteiger partial charge in [-0.1, -0.05) is 49.4 Å². The minimum atomic E-state index is -0.0418. The first-order valence-electron chi connectivity index (χ1n) is 7.43. The van der Waals surface area contributed by atoms with E-state index in [1.54, 1.807) is 11.8 Å². The third kappa shape index (κ3) is 5.20. The van der Waals surface area contributed by atoms with Gasteiger partial charge in [-0.2, -0.15) is 0 Å². The predicted octanol–water partition coefficient (Wildman–Crippen LogP) is 3.75. The molecule has 1 amide bonds. The summed E-state index contributed by atoms with van der Waals surface area (Å²) >= 11 is 1.68. The third-order valence-electron chi connectivity index (χ3n) is 3.08. The molecule has 116 valence electrons. The van der Waals surface area contributed by atoms with Gasteiger partial charge in [-0.25, -0.2) is 0 Å². The average molecular weight is 315 g/mol. The fraction of sp³-hybridized carbons (Fsp3) is 0.278. The van der Waals surface area contributed by atoms with Gasteiger partial charge in [-0.15, -0.1) is 11.8 Å². The van der Waals surface area contributed by atoms with Gasteiger partial charge in [0.05, 0.1) is 18.8 Å². The molecule has 0 radical (unpaired) electrons. The van der Waals surface area contributed by atoms with Crippen molar-refractivity contribution in [3.05, 3.63) is 65.7 Å². The van der Waals surface area contributed by atoms with Crippen molar-refractivity contribution in [1.29, 1.82) is 0 Å². The molecule has 0 fully saturated rings. The van der Waals surface area contributed by atoms with Gasteiger partial charge in [0, 0.05) is 11.4 Å². The topological polar surface area (TPSA) is 38.3 Å². The Kier molecular flexibility index (Phi) is 7.00. The Hall–Kier alpha value is -1.78. The van der Waals surface area contributed by atoms with Crippen LogP contribution in [0.1, 0.15) is 22.8 Å². The normalized spacial score (nSPS) is 10.4. The summed E-state index contributed by atoms with van der Waals surface area (Å²) in [6.45, 7) is 3.66. The molecular weight excluding hydrogens is 294 g/mol. The highest BCUT2D eigenvalue weighted by Crippen LogP contribution is 2.21. The molecule has 0 aliphatic rings. The molecule has 0 aliphatic heterocycles. The quantitative estimate of drug-likeness (QED) is 0.595. The molecule has 0 bridgehead atoms. The molecule has 2 aromatic rings. The molecule has 0 atom stereocenters. The predicted molar refractivity (Wildman–Crippen MR) is 91.3 cm³/mol. The zero-order valence-electron chi connectivity index (χ0n) is 12.7. The van der Waals surface area contributed by atoms with E-state index in [9.17, 15) is 4.79 Å². The number of carbonyl (C=O) groups excluding carboxylic acids is 1. The Morgan fingerprint density at radius 2 is 1.82 bits per heavy atom. The second-order valence-electron chi connectivity index (χ2n) is 4.72. The van der Waals surface area contributed by atoms with Gasteiger partial charge in [0.25, 0.3) is 5.91 Å². The maximum absolute atomic E-state index is 12.2. The summed E-state index contributed by atoms with van der Waals surface area (Å²) in [4.78, 5) is 13.2. The minimum absolute atomic E-state index is 0.0418.